The number of hydrogen-bond acceptors (Lipinski definition) is 3. The Morgan fingerprint density at radius 2 is 2.05 bits per heavy atom. The van der Waals surface area contributed by atoms with Crippen LogP contribution in [0.15, 0.2) is 42.5 Å². The van der Waals surface area contributed by atoms with Gasteiger partial charge in [0.05, 0.1) is 12.7 Å². The number of ether oxygens (including phenoxy) is 1. The number of hydrogen-bond donors (Lipinski definition) is 1. The summed E-state index contributed by atoms with van der Waals surface area (Å²) in [7, 11) is 1.45. The molecule has 0 saturated carbocycles. The number of halogens is 1. The number of anilines is 1. The highest BCUT2D eigenvalue weighted by Gasteiger charge is 2.12. The van der Waals surface area contributed by atoms with Crippen LogP contribution < -0.4 is 10.5 Å². The van der Waals surface area contributed by atoms with E-state index in [1.54, 1.807) is 12.1 Å². The van der Waals surface area contributed by atoms with Crippen molar-refractivity contribution >= 4 is 11.5 Å². The number of ketones is 1. The number of nitrogens with two attached hydrogens (primary N) is 1. The number of carbonyl (C=O) groups excluding carboxylic acids is 1. The van der Waals surface area contributed by atoms with Crippen molar-refractivity contribution in [1.82, 2.24) is 0 Å². The van der Waals surface area contributed by atoms with Gasteiger partial charge in [-0.3, -0.25) is 4.79 Å². The van der Waals surface area contributed by atoms with E-state index in [-0.39, 0.29) is 17.8 Å². The van der Waals surface area contributed by atoms with Crippen molar-refractivity contribution in [3.8, 4) is 5.75 Å². The van der Waals surface area contributed by atoms with Gasteiger partial charge in [-0.05, 0) is 36.2 Å². The summed E-state index contributed by atoms with van der Waals surface area (Å²) in [6.07, 6.45) is 0.780. The molecule has 0 aliphatic rings. The van der Waals surface area contributed by atoms with Crippen LogP contribution in [0, 0.1) is 5.82 Å². The van der Waals surface area contributed by atoms with E-state index in [2.05, 4.69) is 0 Å². The highest BCUT2D eigenvalue weighted by atomic mass is 19.1. The van der Waals surface area contributed by atoms with E-state index in [1.165, 1.54) is 19.2 Å². The van der Waals surface area contributed by atoms with Gasteiger partial charge in [0.25, 0.3) is 0 Å². The molecule has 0 unspecified atom stereocenters. The minimum Gasteiger partial charge on any atom is -0.497 e. The van der Waals surface area contributed by atoms with Crippen molar-refractivity contribution in [3.63, 3.8) is 0 Å². The molecule has 3 nitrogen and oxygen atoms in total. The predicted molar refractivity (Wildman–Crippen MR) is 76.5 cm³/mol. The second kappa shape index (κ2) is 6.19. The standard InChI is InChI=1S/C16H16FNO2/c1-20-13-6-7-14(15(17)10-13)16(19)8-5-11-3-2-4-12(18)9-11/h2-4,6-7,9-10H,5,8,18H2,1H3. The fourth-order valence-electron chi connectivity index (χ4n) is 1.99. The van der Waals surface area contributed by atoms with Crippen LogP contribution in [0.2, 0.25) is 0 Å². The van der Waals surface area contributed by atoms with Gasteiger partial charge < -0.3 is 10.5 Å². The molecule has 2 aromatic carbocycles. The number of methoxy groups -OCH3 is 1. The Morgan fingerprint density at radius 1 is 1.25 bits per heavy atom. The molecule has 0 spiro atoms. The Morgan fingerprint density at radius 3 is 2.70 bits per heavy atom. The largest absolute Gasteiger partial charge is 0.497 e. The number of Topliss-reactive ketones (excluding diaryl/α,β-unsaturated/α-hetero) is 1. The van der Waals surface area contributed by atoms with E-state index in [1.807, 2.05) is 18.2 Å². The topological polar surface area (TPSA) is 52.3 Å². The summed E-state index contributed by atoms with van der Waals surface area (Å²) < 4.78 is 18.7. The molecule has 0 amide bonds. The molecular weight excluding hydrogens is 257 g/mol. The summed E-state index contributed by atoms with van der Waals surface area (Å²) in [6, 6.07) is 11.6. The first-order valence-electron chi connectivity index (χ1n) is 6.31. The minimum atomic E-state index is -0.554. The first-order valence-corrected chi connectivity index (χ1v) is 6.31. The summed E-state index contributed by atoms with van der Waals surface area (Å²) in [5.74, 6) is -0.385. The smallest absolute Gasteiger partial charge is 0.166 e. The Bertz CT molecular complexity index is 626. The molecule has 0 aliphatic heterocycles. The quantitative estimate of drug-likeness (QED) is 0.672. The first kappa shape index (κ1) is 14.1. The third kappa shape index (κ3) is 3.35. The van der Waals surface area contributed by atoms with Crippen LogP contribution in [0.3, 0.4) is 0 Å². The summed E-state index contributed by atoms with van der Waals surface area (Å²) in [4.78, 5) is 12.0. The molecule has 0 atom stereocenters. The van der Waals surface area contributed by atoms with E-state index in [9.17, 15) is 9.18 Å². The van der Waals surface area contributed by atoms with E-state index in [4.69, 9.17) is 10.5 Å². The monoisotopic (exact) mass is 273 g/mol. The van der Waals surface area contributed by atoms with E-state index in [0.29, 0.717) is 17.9 Å². The third-order valence-corrected chi connectivity index (χ3v) is 3.07. The average Bonchev–Trinajstić information content (AvgIpc) is 2.44. The summed E-state index contributed by atoms with van der Waals surface area (Å²) >= 11 is 0. The van der Waals surface area contributed by atoms with Gasteiger partial charge in [0, 0.05) is 18.2 Å². The maximum atomic E-state index is 13.8. The van der Waals surface area contributed by atoms with E-state index in [0.717, 1.165) is 5.56 Å². The van der Waals surface area contributed by atoms with Gasteiger partial charge >= 0.3 is 0 Å². The number of nitrogen functional groups attached to an aromatic ring is 1. The van der Waals surface area contributed by atoms with Gasteiger partial charge in [0.1, 0.15) is 11.6 Å². The number of benzene rings is 2. The predicted octanol–water partition coefficient (Wildman–Crippen LogP) is 3.23. The molecule has 0 fully saturated rings. The molecule has 0 aromatic heterocycles. The lowest BCUT2D eigenvalue weighted by molar-refractivity contribution is 0.0979. The maximum Gasteiger partial charge on any atom is 0.166 e. The second-order valence-corrected chi connectivity index (χ2v) is 4.51. The van der Waals surface area contributed by atoms with Crippen LogP contribution in [-0.2, 0) is 6.42 Å². The Kier molecular flexibility index (Phi) is 4.35. The van der Waals surface area contributed by atoms with Crippen LogP contribution in [0.5, 0.6) is 5.75 Å². The third-order valence-electron chi connectivity index (χ3n) is 3.07. The van der Waals surface area contributed by atoms with Gasteiger partial charge in [-0.25, -0.2) is 4.39 Å². The van der Waals surface area contributed by atoms with Gasteiger partial charge in [-0.2, -0.15) is 0 Å². The van der Waals surface area contributed by atoms with Crippen LogP contribution in [-0.4, -0.2) is 12.9 Å². The lowest BCUT2D eigenvalue weighted by atomic mass is 10.0. The molecule has 2 rings (SSSR count). The van der Waals surface area contributed by atoms with Crippen LogP contribution in [0.1, 0.15) is 22.3 Å². The van der Waals surface area contributed by atoms with Crippen molar-refractivity contribution in [3.05, 3.63) is 59.4 Å². The second-order valence-electron chi connectivity index (χ2n) is 4.51. The molecule has 0 heterocycles. The molecule has 2 N–H and O–H groups in total. The van der Waals surface area contributed by atoms with Gasteiger partial charge in [-0.15, -0.1) is 0 Å². The minimum absolute atomic E-state index is 0.0923. The molecule has 104 valence electrons. The molecule has 0 aliphatic carbocycles. The summed E-state index contributed by atoms with van der Waals surface area (Å²) in [6.45, 7) is 0. The first-order chi connectivity index (χ1) is 9.60. The average molecular weight is 273 g/mol. The number of carbonyl (C=O) groups is 1. The Balaban J connectivity index is 2.05. The van der Waals surface area contributed by atoms with Gasteiger partial charge in [0.2, 0.25) is 0 Å². The van der Waals surface area contributed by atoms with Crippen molar-refractivity contribution in [1.29, 1.82) is 0 Å². The van der Waals surface area contributed by atoms with Crippen molar-refractivity contribution in [2.45, 2.75) is 12.8 Å². The lowest BCUT2D eigenvalue weighted by Crippen LogP contribution is -2.04. The van der Waals surface area contributed by atoms with Crippen molar-refractivity contribution in [2.24, 2.45) is 0 Å². The SMILES string of the molecule is COc1ccc(C(=O)CCc2cccc(N)c2)c(F)c1. The molecule has 0 bridgehead atoms. The molecule has 20 heavy (non-hydrogen) atoms. The molecular formula is C16H16FNO2. The highest BCUT2D eigenvalue weighted by Crippen LogP contribution is 2.18. The van der Waals surface area contributed by atoms with Crippen molar-refractivity contribution in [2.75, 3.05) is 12.8 Å². The normalized spacial score (nSPS) is 10.3. The molecule has 2 aromatic rings. The van der Waals surface area contributed by atoms with E-state index < -0.39 is 5.82 Å². The number of rotatable bonds is 5. The Hall–Kier alpha value is -2.36. The van der Waals surface area contributed by atoms with Gasteiger partial charge in [0.15, 0.2) is 5.78 Å². The zero-order chi connectivity index (χ0) is 14.5. The van der Waals surface area contributed by atoms with E-state index >= 15 is 0 Å². The fraction of sp³-hybridized carbons (Fsp3) is 0.188. The zero-order valence-corrected chi connectivity index (χ0v) is 11.2. The molecule has 4 heteroatoms. The van der Waals surface area contributed by atoms with Crippen molar-refractivity contribution < 1.29 is 13.9 Å². The van der Waals surface area contributed by atoms with Crippen LogP contribution in [0.4, 0.5) is 10.1 Å². The number of aryl methyl sites for hydroxylation is 1. The molecule has 0 radical (unpaired) electrons. The van der Waals surface area contributed by atoms with Crippen LogP contribution in [0.25, 0.3) is 0 Å². The highest BCUT2D eigenvalue weighted by molar-refractivity contribution is 5.96. The van der Waals surface area contributed by atoms with Gasteiger partial charge in [-0.1, -0.05) is 12.1 Å². The molecule has 0 saturated heterocycles. The maximum absolute atomic E-state index is 13.8. The lowest BCUT2D eigenvalue weighted by Gasteiger charge is -2.06. The summed E-state index contributed by atoms with van der Waals surface area (Å²) in [5.41, 5.74) is 7.39. The summed E-state index contributed by atoms with van der Waals surface area (Å²) in [5, 5.41) is 0. The Labute approximate surface area is 117 Å². The van der Waals surface area contributed by atoms with Crippen LogP contribution >= 0.6 is 0 Å². The zero-order valence-electron chi connectivity index (χ0n) is 11.2. The fourth-order valence-corrected chi connectivity index (χ4v) is 1.99.